The number of aliphatic hydroxyl groups is 1. The van der Waals surface area contributed by atoms with Crippen LogP contribution in [0, 0.1) is 0 Å². The topological polar surface area (TPSA) is 98.2 Å². The molecule has 5 rings (SSSR count). The predicted molar refractivity (Wildman–Crippen MR) is 121 cm³/mol. The van der Waals surface area contributed by atoms with E-state index in [-0.39, 0.29) is 11.5 Å². The van der Waals surface area contributed by atoms with E-state index < -0.39 is 10.0 Å². The van der Waals surface area contributed by atoms with Gasteiger partial charge in [-0.25, -0.2) is 18.2 Å². The van der Waals surface area contributed by atoms with Gasteiger partial charge in [-0.2, -0.15) is 5.10 Å². The molecule has 3 N–H and O–H groups in total. The molecule has 0 saturated heterocycles. The molecule has 154 valence electrons. The molecule has 0 spiro atoms. The molecule has 0 fully saturated rings. The van der Waals surface area contributed by atoms with Crippen LogP contribution in [0.5, 0.6) is 0 Å². The van der Waals surface area contributed by atoms with Gasteiger partial charge in [-0.3, -0.25) is 0 Å². The van der Waals surface area contributed by atoms with Crippen molar-refractivity contribution in [3.05, 3.63) is 90.6 Å². The van der Waals surface area contributed by atoms with Crippen LogP contribution in [0.1, 0.15) is 5.69 Å². The zero-order valence-electron chi connectivity index (χ0n) is 16.4. The number of primary sulfonamides is 1. The van der Waals surface area contributed by atoms with Crippen LogP contribution >= 0.6 is 0 Å². The van der Waals surface area contributed by atoms with Crippen LogP contribution in [-0.4, -0.2) is 23.3 Å². The van der Waals surface area contributed by atoms with Crippen molar-refractivity contribution < 1.29 is 13.5 Å². The third kappa shape index (κ3) is 3.48. The summed E-state index contributed by atoms with van der Waals surface area (Å²) in [6.07, 6.45) is 0. The Bertz CT molecular complexity index is 1540. The van der Waals surface area contributed by atoms with E-state index in [0.29, 0.717) is 11.4 Å². The van der Waals surface area contributed by atoms with Gasteiger partial charge in [0.2, 0.25) is 10.0 Å². The van der Waals surface area contributed by atoms with Gasteiger partial charge >= 0.3 is 0 Å². The van der Waals surface area contributed by atoms with Gasteiger partial charge in [0.15, 0.2) is 0 Å². The van der Waals surface area contributed by atoms with E-state index in [1.54, 1.807) is 16.8 Å². The highest BCUT2D eigenvalue weighted by atomic mass is 32.2. The van der Waals surface area contributed by atoms with Gasteiger partial charge in [0.25, 0.3) is 0 Å². The highest BCUT2D eigenvalue weighted by Gasteiger charge is 2.14. The summed E-state index contributed by atoms with van der Waals surface area (Å²) in [6, 6.07) is 26.7. The lowest BCUT2D eigenvalue weighted by Gasteiger charge is -2.10. The smallest absolute Gasteiger partial charge is 0.238 e. The van der Waals surface area contributed by atoms with E-state index in [1.165, 1.54) is 22.9 Å². The highest BCUT2D eigenvalue weighted by Crippen LogP contribution is 2.31. The second-order valence-corrected chi connectivity index (χ2v) is 8.91. The molecule has 6 nitrogen and oxygen atoms in total. The quantitative estimate of drug-likeness (QED) is 0.422. The summed E-state index contributed by atoms with van der Waals surface area (Å²) in [7, 11) is -3.78. The number of rotatable bonds is 4. The lowest BCUT2D eigenvalue weighted by molar-refractivity contribution is 0.276. The third-order valence-electron chi connectivity index (χ3n) is 5.37. The molecule has 4 aromatic carbocycles. The lowest BCUT2D eigenvalue weighted by atomic mass is 9.99. The van der Waals surface area contributed by atoms with E-state index in [0.717, 1.165) is 22.0 Å². The van der Waals surface area contributed by atoms with Gasteiger partial charge < -0.3 is 5.11 Å². The summed E-state index contributed by atoms with van der Waals surface area (Å²) in [5.41, 5.74) is 2.91. The molecular weight excluding hydrogens is 410 g/mol. The van der Waals surface area contributed by atoms with Crippen LogP contribution in [-0.2, 0) is 16.6 Å². The molecule has 1 aromatic heterocycles. The summed E-state index contributed by atoms with van der Waals surface area (Å²) in [5, 5.41) is 24.0. The number of fused-ring (bicyclic) bond motifs is 3. The first-order chi connectivity index (χ1) is 14.9. The monoisotopic (exact) mass is 429 g/mol. The molecule has 7 heteroatoms. The van der Waals surface area contributed by atoms with Crippen LogP contribution in [0.4, 0.5) is 0 Å². The first kappa shape index (κ1) is 19.4. The lowest BCUT2D eigenvalue weighted by Crippen LogP contribution is -2.12. The van der Waals surface area contributed by atoms with Crippen LogP contribution in [0.15, 0.2) is 89.8 Å². The summed E-state index contributed by atoms with van der Waals surface area (Å²) >= 11 is 0. The van der Waals surface area contributed by atoms with E-state index >= 15 is 0 Å². The summed E-state index contributed by atoms with van der Waals surface area (Å²) < 4.78 is 24.8. The second-order valence-electron chi connectivity index (χ2n) is 7.35. The largest absolute Gasteiger partial charge is 0.390 e. The van der Waals surface area contributed by atoms with Crippen molar-refractivity contribution in [3.8, 4) is 16.9 Å². The minimum atomic E-state index is -3.78. The number of benzene rings is 4. The highest BCUT2D eigenvalue weighted by molar-refractivity contribution is 7.89. The number of hydrogen-bond acceptors (Lipinski definition) is 4. The van der Waals surface area contributed by atoms with Crippen LogP contribution in [0.2, 0.25) is 0 Å². The van der Waals surface area contributed by atoms with Gasteiger partial charge in [-0.15, -0.1) is 0 Å². The second kappa shape index (κ2) is 7.31. The maximum atomic E-state index is 11.6. The fourth-order valence-corrected chi connectivity index (χ4v) is 4.37. The minimum Gasteiger partial charge on any atom is -0.390 e. The number of nitrogens with two attached hydrogens (primary N) is 1. The number of aliphatic hydroxyl groups excluding tert-OH is 1. The molecule has 0 unspecified atom stereocenters. The Kier molecular flexibility index (Phi) is 4.59. The molecule has 0 aliphatic carbocycles. The molecule has 0 aliphatic rings. The van der Waals surface area contributed by atoms with E-state index in [9.17, 15) is 13.5 Å². The van der Waals surface area contributed by atoms with Crippen molar-refractivity contribution in [2.24, 2.45) is 5.14 Å². The minimum absolute atomic E-state index is 0.0323. The van der Waals surface area contributed by atoms with Gasteiger partial charge in [0.1, 0.15) is 0 Å². The molecule has 0 radical (unpaired) electrons. The average molecular weight is 430 g/mol. The Hall–Kier alpha value is -3.52. The van der Waals surface area contributed by atoms with E-state index in [2.05, 4.69) is 41.5 Å². The maximum Gasteiger partial charge on any atom is 0.238 e. The summed E-state index contributed by atoms with van der Waals surface area (Å²) in [4.78, 5) is 0.0323. The maximum absolute atomic E-state index is 11.6. The Balaban J connectivity index is 1.66. The van der Waals surface area contributed by atoms with Gasteiger partial charge in [-0.05, 0) is 57.9 Å². The first-order valence-corrected chi connectivity index (χ1v) is 11.2. The fourth-order valence-electron chi connectivity index (χ4n) is 3.86. The number of nitrogens with zero attached hydrogens (tertiary/aromatic N) is 2. The zero-order valence-corrected chi connectivity index (χ0v) is 17.3. The van der Waals surface area contributed by atoms with E-state index in [1.807, 2.05) is 24.3 Å². The Morgan fingerprint density at radius 2 is 1.55 bits per heavy atom. The van der Waals surface area contributed by atoms with Crippen molar-refractivity contribution >= 4 is 31.6 Å². The van der Waals surface area contributed by atoms with Crippen LogP contribution in [0.3, 0.4) is 0 Å². The van der Waals surface area contributed by atoms with Gasteiger partial charge in [0, 0.05) is 5.56 Å². The van der Waals surface area contributed by atoms with Crippen molar-refractivity contribution in [2.75, 3.05) is 0 Å². The van der Waals surface area contributed by atoms with Crippen molar-refractivity contribution in [1.82, 2.24) is 9.78 Å². The molecule has 5 aromatic rings. The SMILES string of the molecule is NS(=O)(=O)c1ccc(-n2nc(CO)cc2-c2ccc3c(ccc4ccccc43)c2)cc1. The number of sulfonamides is 1. The van der Waals surface area contributed by atoms with Gasteiger partial charge in [0.05, 0.1) is 28.6 Å². The van der Waals surface area contributed by atoms with Crippen LogP contribution in [0.25, 0.3) is 38.5 Å². The fraction of sp³-hybridized carbons (Fsp3) is 0.0417. The molecule has 0 aliphatic heterocycles. The first-order valence-electron chi connectivity index (χ1n) is 9.69. The number of aromatic nitrogens is 2. The molecular formula is C24H19N3O3S. The molecule has 0 atom stereocenters. The predicted octanol–water partition coefficient (Wildman–Crippen LogP) is 3.99. The Morgan fingerprint density at radius 1 is 0.839 bits per heavy atom. The van der Waals surface area contributed by atoms with Crippen molar-refractivity contribution in [1.29, 1.82) is 0 Å². The molecule has 31 heavy (non-hydrogen) atoms. The molecule has 1 heterocycles. The summed E-state index contributed by atoms with van der Waals surface area (Å²) in [5.74, 6) is 0. The zero-order chi connectivity index (χ0) is 21.6. The average Bonchev–Trinajstić information content (AvgIpc) is 3.23. The van der Waals surface area contributed by atoms with Crippen molar-refractivity contribution in [3.63, 3.8) is 0 Å². The molecule has 0 bridgehead atoms. The number of hydrogen-bond donors (Lipinski definition) is 2. The van der Waals surface area contributed by atoms with Crippen LogP contribution < -0.4 is 5.14 Å². The standard InChI is InChI=1S/C24H19N3O3S/c25-31(29,30)21-10-8-20(9-11-21)27-24(14-19(15-28)26-27)18-7-12-23-17(13-18)6-5-16-3-1-2-4-22(16)23/h1-14,28H,15H2,(H2,25,29,30). The van der Waals surface area contributed by atoms with E-state index in [4.69, 9.17) is 5.14 Å². The van der Waals surface area contributed by atoms with Crippen molar-refractivity contribution in [2.45, 2.75) is 11.5 Å². The Labute approximate surface area is 179 Å². The molecule has 0 amide bonds. The molecule has 0 saturated carbocycles. The Morgan fingerprint density at radius 3 is 2.29 bits per heavy atom. The summed E-state index contributed by atoms with van der Waals surface area (Å²) in [6.45, 7) is -0.201. The normalized spacial score (nSPS) is 11.9. The van der Waals surface area contributed by atoms with Gasteiger partial charge in [-0.1, -0.05) is 48.5 Å². The third-order valence-corrected chi connectivity index (χ3v) is 6.30.